The first-order valence-electron chi connectivity index (χ1n) is 5.28. The van der Waals surface area contributed by atoms with Crippen molar-refractivity contribution in [2.24, 2.45) is 0 Å². The molecule has 0 spiro atoms. The molecule has 0 bridgehead atoms. The second kappa shape index (κ2) is 6.39. The number of carbonyl (C=O) groups is 1. The van der Waals surface area contributed by atoms with Crippen molar-refractivity contribution in [3.05, 3.63) is 40.0 Å². The van der Waals surface area contributed by atoms with Crippen LogP contribution in [0.4, 0.5) is 11.4 Å². The summed E-state index contributed by atoms with van der Waals surface area (Å²) in [6.07, 6.45) is 3.38. The number of nitrogens with one attached hydrogen (secondary N) is 1. The van der Waals surface area contributed by atoms with E-state index in [2.05, 4.69) is 10.1 Å². The van der Waals surface area contributed by atoms with Gasteiger partial charge in [-0.05, 0) is 11.6 Å². The van der Waals surface area contributed by atoms with E-state index in [-0.39, 0.29) is 18.1 Å². The zero-order chi connectivity index (χ0) is 13.5. The predicted octanol–water partition coefficient (Wildman–Crippen LogP) is 2.21. The van der Waals surface area contributed by atoms with Gasteiger partial charge in [-0.15, -0.1) is 0 Å². The summed E-state index contributed by atoms with van der Waals surface area (Å²) < 4.78 is 4.48. The molecule has 6 nitrogen and oxygen atoms in total. The van der Waals surface area contributed by atoms with Gasteiger partial charge in [-0.25, -0.2) is 0 Å². The number of hydrogen-bond donors (Lipinski definition) is 1. The first kappa shape index (κ1) is 13.7. The minimum atomic E-state index is -0.455. The summed E-state index contributed by atoms with van der Waals surface area (Å²) in [6, 6.07) is 4.79. The average molecular weight is 250 g/mol. The third kappa shape index (κ3) is 3.58. The van der Waals surface area contributed by atoms with Crippen molar-refractivity contribution in [3.63, 3.8) is 0 Å². The second-order valence-electron chi connectivity index (χ2n) is 3.47. The molecule has 0 saturated carbocycles. The molecule has 0 unspecified atom stereocenters. The standard InChI is InChI=1S/C12H14N2O4/c1-13-10-7-6-9(8-11(10)14(16)17)4-3-5-12(15)18-2/h3-4,6-8,13H,5H2,1-2H3. The van der Waals surface area contributed by atoms with E-state index < -0.39 is 4.92 Å². The molecule has 0 atom stereocenters. The second-order valence-corrected chi connectivity index (χ2v) is 3.47. The summed E-state index contributed by atoms with van der Waals surface area (Å²) in [6.45, 7) is 0. The van der Waals surface area contributed by atoms with E-state index in [1.54, 1.807) is 31.3 Å². The molecule has 6 heteroatoms. The highest BCUT2D eigenvalue weighted by Crippen LogP contribution is 2.25. The summed E-state index contributed by atoms with van der Waals surface area (Å²) in [5, 5.41) is 13.6. The van der Waals surface area contributed by atoms with Crippen LogP contribution in [-0.4, -0.2) is 25.1 Å². The molecule has 0 aliphatic rings. The van der Waals surface area contributed by atoms with Gasteiger partial charge in [0.15, 0.2) is 0 Å². The van der Waals surface area contributed by atoms with Crippen LogP contribution in [0.5, 0.6) is 0 Å². The first-order valence-corrected chi connectivity index (χ1v) is 5.28. The molecule has 0 aliphatic heterocycles. The molecule has 0 heterocycles. The lowest BCUT2D eigenvalue weighted by molar-refractivity contribution is -0.383. The predicted molar refractivity (Wildman–Crippen MR) is 68.3 cm³/mol. The van der Waals surface area contributed by atoms with E-state index in [0.29, 0.717) is 11.3 Å². The Morgan fingerprint density at radius 2 is 2.28 bits per heavy atom. The quantitative estimate of drug-likeness (QED) is 0.492. The molecule has 0 amide bonds. The normalized spacial score (nSPS) is 10.3. The Morgan fingerprint density at radius 3 is 2.83 bits per heavy atom. The van der Waals surface area contributed by atoms with E-state index in [1.165, 1.54) is 13.2 Å². The van der Waals surface area contributed by atoms with Crippen LogP contribution in [-0.2, 0) is 9.53 Å². The summed E-state index contributed by atoms with van der Waals surface area (Å²) >= 11 is 0. The van der Waals surface area contributed by atoms with E-state index in [0.717, 1.165) is 0 Å². The maximum Gasteiger partial charge on any atom is 0.309 e. The number of nitro benzene ring substituents is 1. The van der Waals surface area contributed by atoms with Gasteiger partial charge in [0.1, 0.15) is 5.69 Å². The Hall–Kier alpha value is -2.37. The number of anilines is 1. The molecule has 0 fully saturated rings. The van der Waals surface area contributed by atoms with Gasteiger partial charge in [0.25, 0.3) is 5.69 Å². The monoisotopic (exact) mass is 250 g/mol. The highest BCUT2D eigenvalue weighted by atomic mass is 16.6. The zero-order valence-electron chi connectivity index (χ0n) is 10.2. The highest BCUT2D eigenvalue weighted by Gasteiger charge is 2.12. The number of methoxy groups -OCH3 is 1. The van der Waals surface area contributed by atoms with Crippen molar-refractivity contribution in [1.29, 1.82) is 0 Å². The van der Waals surface area contributed by atoms with Gasteiger partial charge in [-0.3, -0.25) is 14.9 Å². The molecule has 1 rings (SSSR count). The molecular formula is C12H14N2O4. The minimum Gasteiger partial charge on any atom is -0.469 e. The fraction of sp³-hybridized carbons (Fsp3) is 0.250. The van der Waals surface area contributed by atoms with E-state index >= 15 is 0 Å². The van der Waals surface area contributed by atoms with Gasteiger partial charge >= 0.3 is 5.97 Å². The fourth-order valence-corrected chi connectivity index (χ4v) is 1.39. The Kier molecular flexibility index (Phi) is 4.86. The molecule has 0 radical (unpaired) electrons. The average Bonchev–Trinajstić information content (AvgIpc) is 2.38. The van der Waals surface area contributed by atoms with Crippen LogP contribution in [0, 0.1) is 10.1 Å². The number of ether oxygens (including phenoxy) is 1. The van der Waals surface area contributed by atoms with E-state index in [9.17, 15) is 14.9 Å². The van der Waals surface area contributed by atoms with E-state index in [1.807, 2.05) is 0 Å². The van der Waals surface area contributed by atoms with Crippen LogP contribution in [0.3, 0.4) is 0 Å². The Bertz CT molecular complexity index is 483. The molecule has 0 aromatic heterocycles. The number of hydrogen-bond acceptors (Lipinski definition) is 5. The first-order chi connectivity index (χ1) is 8.58. The van der Waals surface area contributed by atoms with Crippen LogP contribution in [0.2, 0.25) is 0 Å². The largest absolute Gasteiger partial charge is 0.469 e. The van der Waals surface area contributed by atoms with Crippen molar-refractivity contribution < 1.29 is 14.5 Å². The third-order valence-corrected chi connectivity index (χ3v) is 2.31. The van der Waals surface area contributed by atoms with Crippen LogP contribution in [0.1, 0.15) is 12.0 Å². The Morgan fingerprint density at radius 1 is 1.56 bits per heavy atom. The summed E-state index contributed by atoms with van der Waals surface area (Å²) in [7, 11) is 2.93. The Balaban J connectivity index is 2.88. The smallest absolute Gasteiger partial charge is 0.309 e. The van der Waals surface area contributed by atoms with Crippen molar-refractivity contribution in [2.75, 3.05) is 19.5 Å². The minimum absolute atomic E-state index is 0.00211. The molecular weight excluding hydrogens is 236 g/mol. The number of esters is 1. The lowest BCUT2D eigenvalue weighted by Crippen LogP contribution is -1.97. The summed E-state index contributed by atoms with van der Waals surface area (Å²) in [5.41, 5.74) is 1.10. The zero-order valence-corrected chi connectivity index (χ0v) is 10.2. The summed E-state index contributed by atoms with van der Waals surface area (Å²) in [5.74, 6) is -0.354. The van der Waals surface area contributed by atoms with Crippen LogP contribution in [0.25, 0.3) is 6.08 Å². The van der Waals surface area contributed by atoms with Gasteiger partial charge in [-0.1, -0.05) is 18.2 Å². The van der Waals surface area contributed by atoms with Crippen molar-refractivity contribution in [2.45, 2.75) is 6.42 Å². The van der Waals surface area contributed by atoms with Gasteiger partial charge in [-0.2, -0.15) is 0 Å². The number of nitro groups is 1. The van der Waals surface area contributed by atoms with Crippen molar-refractivity contribution >= 4 is 23.4 Å². The van der Waals surface area contributed by atoms with Crippen molar-refractivity contribution in [1.82, 2.24) is 0 Å². The van der Waals surface area contributed by atoms with Gasteiger partial charge in [0.05, 0.1) is 18.5 Å². The molecule has 0 saturated heterocycles. The fourth-order valence-electron chi connectivity index (χ4n) is 1.39. The maximum atomic E-state index is 10.9. The van der Waals surface area contributed by atoms with Gasteiger partial charge < -0.3 is 10.1 Å². The topological polar surface area (TPSA) is 81.5 Å². The lowest BCUT2D eigenvalue weighted by Gasteiger charge is -2.02. The molecule has 0 aliphatic carbocycles. The number of benzene rings is 1. The Labute approximate surface area is 104 Å². The molecule has 96 valence electrons. The van der Waals surface area contributed by atoms with Gasteiger partial charge in [0, 0.05) is 13.1 Å². The summed E-state index contributed by atoms with van der Waals surface area (Å²) in [4.78, 5) is 21.3. The lowest BCUT2D eigenvalue weighted by atomic mass is 10.1. The number of carbonyl (C=O) groups excluding carboxylic acids is 1. The van der Waals surface area contributed by atoms with Crippen LogP contribution >= 0.6 is 0 Å². The number of nitrogens with zero attached hydrogens (tertiary/aromatic N) is 1. The molecule has 1 aromatic carbocycles. The SMILES string of the molecule is CNc1ccc(C=CCC(=O)OC)cc1[N+](=O)[O-]. The van der Waals surface area contributed by atoms with Crippen LogP contribution in [0.15, 0.2) is 24.3 Å². The van der Waals surface area contributed by atoms with E-state index in [4.69, 9.17) is 0 Å². The molecule has 1 N–H and O–H groups in total. The van der Waals surface area contributed by atoms with Crippen LogP contribution < -0.4 is 5.32 Å². The maximum absolute atomic E-state index is 10.9. The molecule has 18 heavy (non-hydrogen) atoms. The van der Waals surface area contributed by atoms with Gasteiger partial charge in [0.2, 0.25) is 0 Å². The highest BCUT2D eigenvalue weighted by molar-refractivity contribution is 5.73. The van der Waals surface area contributed by atoms with Crippen molar-refractivity contribution in [3.8, 4) is 0 Å². The number of rotatable bonds is 5. The molecule has 1 aromatic rings. The third-order valence-electron chi connectivity index (χ3n) is 2.31.